The quantitative estimate of drug-likeness (QED) is 0.173. The second kappa shape index (κ2) is 17.5. The highest BCUT2D eigenvalue weighted by Gasteiger charge is 2.38. The number of ketones is 2. The first kappa shape index (κ1) is 48.4. The van der Waals surface area contributed by atoms with Crippen molar-refractivity contribution in [3.8, 4) is 23.0 Å². The standard InChI is InChI=1S/C54H72O8/c1-29(2)61-49-39-25-31(51(5,6)7)21-35(45(39)57-17)43(55)37-23-33(53(11,12)13)27-41(47(37)59-19)50(62-30(3)4)42-28-34(54(14,15)16)24-38(48(42)60-20)44(56)36-22-32(52(8,9)10)26-40(49)46(36)58-18/h21-30,49-50H,1-20H3. The fraction of sp³-hybridized carbons (Fsp3) is 0.519. The molecule has 0 fully saturated rings. The van der Waals surface area contributed by atoms with Crippen molar-refractivity contribution in [2.24, 2.45) is 0 Å². The van der Waals surface area contributed by atoms with Crippen LogP contribution in [0.2, 0.25) is 0 Å². The Labute approximate surface area is 372 Å². The molecule has 0 aliphatic heterocycles. The van der Waals surface area contributed by atoms with E-state index in [1.165, 1.54) is 0 Å². The highest BCUT2D eigenvalue weighted by Crippen LogP contribution is 2.50. The average Bonchev–Trinajstić information content (AvgIpc) is 3.17. The topological polar surface area (TPSA) is 89.5 Å². The number of hydrogen-bond acceptors (Lipinski definition) is 8. The van der Waals surface area contributed by atoms with Crippen LogP contribution in [0.4, 0.5) is 0 Å². The zero-order valence-electron chi connectivity index (χ0n) is 41.2. The summed E-state index contributed by atoms with van der Waals surface area (Å²) in [6, 6.07) is 16.0. The molecule has 0 radical (unpaired) electrons. The molecular formula is C54H72O8. The molecule has 62 heavy (non-hydrogen) atoms. The molecule has 1 aliphatic carbocycles. The van der Waals surface area contributed by atoms with Crippen molar-refractivity contribution in [3.63, 3.8) is 0 Å². The molecule has 8 nitrogen and oxygen atoms in total. The second-order valence-electron chi connectivity index (χ2n) is 21.4. The zero-order chi connectivity index (χ0) is 46.6. The van der Waals surface area contributed by atoms with Gasteiger partial charge < -0.3 is 28.4 Å². The van der Waals surface area contributed by atoms with E-state index in [4.69, 9.17) is 28.4 Å². The lowest BCUT2D eigenvalue weighted by atomic mass is 9.78. The largest absolute Gasteiger partial charge is 0.496 e. The molecule has 336 valence electrons. The van der Waals surface area contributed by atoms with Crippen LogP contribution in [0.5, 0.6) is 23.0 Å². The van der Waals surface area contributed by atoms with Gasteiger partial charge in [-0.25, -0.2) is 0 Å². The third-order valence-electron chi connectivity index (χ3n) is 11.7. The van der Waals surface area contributed by atoms with Gasteiger partial charge in [-0.1, -0.05) is 83.1 Å². The van der Waals surface area contributed by atoms with Gasteiger partial charge in [0.2, 0.25) is 11.6 Å². The Hall–Kier alpha value is -4.66. The molecule has 1 aliphatic rings. The molecule has 0 saturated heterocycles. The van der Waals surface area contributed by atoms with Gasteiger partial charge in [0, 0.05) is 22.3 Å². The minimum absolute atomic E-state index is 0.278. The average molecular weight is 849 g/mol. The van der Waals surface area contributed by atoms with Crippen molar-refractivity contribution < 1.29 is 38.0 Å². The number of fused-ring (bicyclic) bond motifs is 8. The molecule has 8 heteroatoms. The Morgan fingerprint density at radius 2 is 0.565 bits per heavy atom. The summed E-state index contributed by atoms with van der Waals surface area (Å²) in [5, 5.41) is 0. The minimum atomic E-state index is -0.837. The van der Waals surface area contributed by atoms with E-state index in [0.717, 1.165) is 22.3 Å². The third-order valence-corrected chi connectivity index (χ3v) is 11.7. The minimum Gasteiger partial charge on any atom is -0.496 e. The lowest BCUT2D eigenvalue weighted by molar-refractivity contribution is 0.0276. The van der Waals surface area contributed by atoms with E-state index < -0.39 is 33.9 Å². The number of ether oxygens (including phenoxy) is 6. The Morgan fingerprint density at radius 3 is 0.710 bits per heavy atom. The normalized spacial score (nSPS) is 16.2. The number of carbonyl (C=O) groups is 2. The summed E-state index contributed by atoms with van der Waals surface area (Å²) < 4.78 is 39.4. The highest BCUT2D eigenvalue weighted by molar-refractivity contribution is 6.14. The first-order valence-corrected chi connectivity index (χ1v) is 21.9. The predicted octanol–water partition coefficient (Wildman–Crippen LogP) is 12.7. The van der Waals surface area contributed by atoms with E-state index in [2.05, 4.69) is 107 Å². The van der Waals surface area contributed by atoms with Crippen LogP contribution in [0.1, 0.15) is 199 Å². The maximum absolute atomic E-state index is 15.8. The highest BCUT2D eigenvalue weighted by atomic mass is 16.5. The first-order valence-electron chi connectivity index (χ1n) is 21.9. The first-order chi connectivity index (χ1) is 28.6. The smallest absolute Gasteiger partial charge is 0.200 e. The van der Waals surface area contributed by atoms with Gasteiger partial charge in [-0.05, 0) is 120 Å². The molecule has 4 aromatic rings. The predicted molar refractivity (Wildman–Crippen MR) is 250 cm³/mol. The lowest BCUT2D eigenvalue weighted by Gasteiger charge is -2.32. The molecule has 5 rings (SSSR count). The number of benzene rings is 4. The summed E-state index contributed by atoms with van der Waals surface area (Å²) in [6.45, 7) is 33.3. The van der Waals surface area contributed by atoms with E-state index in [1.54, 1.807) is 28.4 Å². The fourth-order valence-corrected chi connectivity index (χ4v) is 8.16. The Bertz CT molecular complexity index is 2020. The van der Waals surface area contributed by atoms with Gasteiger partial charge in [-0.2, -0.15) is 0 Å². The molecule has 0 spiro atoms. The Balaban J connectivity index is 2.20. The SMILES string of the molecule is COc1c2cc(C(C)(C)C)cc1C(OC(C)C)c1cc(C(C)(C)C)cc(c1OC)C(=O)c1cc(C(C)(C)C)cc(c1OC)C(OC(C)C)c1cc(C(C)(C)C)cc(c1OC)C2=O. The molecule has 0 heterocycles. The molecule has 0 aromatic heterocycles. The molecule has 0 unspecified atom stereocenters. The Morgan fingerprint density at radius 1 is 0.371 bits per heavy atom. The van der Waals surface area contributed by atoms with Gasteiger partial charge in [0.05, 0.1) is 62.9 Å². The van der Waals surface area contributed by atoms with Crippen LogP contribution in [0.25, 0.3) is 0 Å². The molecule has 0 N–H and O–H groups in total. The van der Waals surface area contributed by atoms with Crippen molar-refractivity contribution in [2.75, 3.05) is 28.4 Å². The van der Waals surface area contributed by atoms with Crippen LogP contribution >= 0.6 is 0 Å². The van der Waals surface area contributed by atoms with E-state index in [0.29, 0.717) is 67.5 Å². The van der Waals surface area contributed by atoms with Crippen LogP contribution in [0.15, 0.2) is 48.5 Å². The van der Waals surface area contributed by atoms with E-state index in [-0.39, 0.29) is 23.8 Å². The van der Waals surface area contributed by atoms with Crippen LogP contribution in [-0.4, -0.2) is 52.2 Å². The van der Waals surface area contributed by atoms with Gasteiger partial charge in [0.15, 0.2) is 0 Å². The van der Waals surface area contributed by atoms with E-state index in [9.17, 15) is 0 Å². The van der Waals surface area contributed by atoms with Gasteiger partial charge in [-0.3, -0.25) is 9.59 Å². The van der Waals surface area contributed by atoms with Gasteiger partial charge in [-0.15, -0.1) is 0 Å². The summed E-state index contributed by atoms with van der Waals surface area (Å²) in [7, 11) is 6.34. The summed E-state index contributed by atoms with van der Waals surface area (Å²) in [6.07, 6.45) is -2.25. The van der Waals surface area contributed by atoms with Crippen molar-refractivity contribution in [3.05, 3.63) is 115 Å². The number of carbonyl (C=O) groups excluding carboxylic acids is 2. The third kappa shape index (κ3) is 9.47. The number of rotatable bonds is 8. The van der Waals surface area contributed by atoms with Crippen molar-refractivity contribution in [2.45, 2.75) is 157 Å². The molecule has 0 amide bonds. The lowest BCUT2D eigenvalue weighted by Crippen LogP contribution is -2.23. The summed E-state index contributed by atoms with van der Waals surface area (Å²) in [5.74, 6) is 0.882. The molecule has 0 saturated carbocycles. The molecule has 4 aromatic carbocycles. The van der Waals surface area contributed by atoms with Gasteiger partial charge in [0.1, 0.15) is 35.2 Å². The Kier molecular flexibility index (Phi) is 13.6. The maximum Gasteiger partial charge on any atom is 0.200 e. The fourth-order valence-electron chi connectivity index (χ4n) is 8.16. The summed E-state index contributed by atoms with van der Waals surface area (Å²) in [5.41, 5.74) is 5.95. The summed E-state index contributed by atoms with van der Waals surface area (Å²) >= 11 is 0. The van der Waals surface area contributed by atoms with Crippen LogP contribution in [0.3, 0.4) is 0 Å². The molecule has 8 bridgehead atoms. The van der Waals surface area contributed by atoms with Crippen molar-refractivity contribution >= 4 is 11.6 Å². The monoisotopic (exact) mass is 849 g/mol. The van der Waals surface area contributed by atoms with E-state index >= 15 is 9.59 Å². The second-order valence-corrected chi connectivity index (χ2v) is 21.4. The summed E-state index contributed by atoms with van der Waals surface area (Å²) in [4.78, 5) is 31.6. The maximum atomic E-state index is 15.8. The number of hydrogen-bond donors (Lipinski definition) is 0. The van der Waals surface area contributed by atoms with E-state index in [1.807, 2.05) is 52.0 Å². The van der Waals surface area contributed by atoms with Gasteiger partial charge in [0.25, 0.3) is 0 Å². The van der Waals surface area contributed by atoms with Crippen LogP contribution in [-0.2, 0) is 31.1 Å². The van der Waals surface area contributed by atoms with Crippen molar-refractivity contribution in [1.29, 1.82) is 0 Å². The van der Waals surface area contributed by atoms with Crippen LogP contribution in [0, 0.1) is 0 Å². The van der Waals surface area contributed by atoms with Crippen molar-refractivity contribution in [1.82, 2.24) is 0 Å². The van der Waals surface area contributed by atoms with Gasteiger partial charge >= 0.3 is 0 Å². The zero-order valence-corrected chi connectivity index (χ0v) is 41.2. The molecular weight excluding hydrogens is 777 g/mol. The number of methoxy groups -OCH3 is 4. The molecule has 0 atom stereocenters. The van der Waals surface area contributed by atoms with Crippen LogP contribution < -0.4 is 18.9 Å².